The van der Waals surface area contributed by atoms with E-state index in [9.17, 15) is 14.9 Å². The van der Waals surface area contributed by atoms with Gasteiger partial charge in [0, 0.05) is 22.4 Å². The van der Waals surface area contributed by atoms with Gasteiger partial charge in [-0.2, -0.15) is 0 Å². The molecule has 0 aliphatic carbocycles. The van der Waals surface area contributed by atoms with E-state index >= 15 is 0 Å². The molecule has 1 heterocycles. The minimum absolute atomic E-state index is 0.0466. The number of carbonyl (C=O) groups excluding carboxylic acids is 1. The van der Waals surface area contributed by atoms with Gasteiger partial charge in [-0.3, -0.25) is 14.9 Å². The van der Waals surface area contributed by atoms with Crippen LogP contribution in [0.25, 0.3) is 10.8 Å². The zero-order chi connectivity index (χ0) is 14.5. The first kappa shape index (κ1) is 12.6. The maximum atomic E-state index is 11.7. The van der Waals surface area contributed by atoms with Crippen molar-refractivity contribution in [2.45, 2.75) is 25.7 Å². The molecule has 0 spiro atoms. The predicted octanol–water partition coefficient (Wildman–Crippen LogP) is 3.33. The van der Waals surface area contributed by atoms with Gasteiger partial charge in [0.15, 0.2) is 0 Å². The van der Waals surface area contributed by atoms with Crippen LogP contribution in [-0.4, -0.2) is 10.9 Å². The summed E-state index contributed by atoms with van der Waals surface area (Å²) in [5.41, 5.74) is 0.285. The Kier molecular flexibility index (Phi) is 2.54. The summed E-state index contributed by atoms with van der Waals surface area (Å²) in [5, 5.41) is 12.4. The lowest BCUT2D eigenvalue weighted by atomic mass is 9.78. The SMILES string of the molecule is CC1(C)CC(=O)Oc2c1cc([N+](=O)[O-])c1ccccc21. The molecule has 1 aliphatic heterocycles. The Bertz CT molecular complexity index is 749. The molecule has 0 radical (unpaired) electrons. The fourth-order valence-corrected chi connectivity index (χ4v) is 2.70. The van der Waals surface area contributed by atoms with Gasteiger partial charge in [0.05, 0.1) is 16.7 Å². The number of fused-ring (bicyclic) bond motifs is 3. The smallest absolute Gasteiger partial charge is 0.312 e. The van der Waals surface area contributed by atoms with Gasteiger partial charge in [-0.05, 0) is 6.07 Å². The number of esters is 1. The van der Waals surface area contributed by atoms with Crippen molar-refractivity contribution in [3.8, 4) is 5.75 Å². The summed E-state index contributed by atoms with van der Waals surface area (Å²) in [7, 11) is 0. The van der Waals surface area contributed by atoms with Crippen molar-refractivity contribution in [1.82, 2.24) is 0 Å². The first-order chi connectivity index (χ1) is 9.40. The standard InChI is InChI=1S/C15H13NO4/c1-15(2)8-13(17)20-14-10-6-4-3-5-9(10)12(16(18)19)7-11(14)15/h3-7H,8H2,1-2H3. The highest BCUT2D eigenvalue weighted by Gasteiger charge is 2.37. The van der Waals surface area contributed by atoms with Gasteiger partial charge in [-0.1, -0.05) is 32.0 Å². The monoisotopic (exact) mass is 271 g/mol. The molecule has 0 aromatic heterocycles. The molecule has 5 nitrogen and oxygen atoms in total. The van der Waals surface area contributed by atoms with Crippen LogP contribution < -0.4 is 4.74 Å². The van der Waals surface area contributed by atoms with Gasteiger partial charge < -0.3 is 4.74 Å². The van der Waals surface area contributed by atoms with Crippen LogP contribution in [0.5, 0.6) is 5.75 Å². The second-order valence-electron chi connectivity index (χ2n) is 5.61. The summed E-state index contributed by atoms with van der Waals surface area (Å²) in [6.07, 6.45) is 0.218. The number of ether oxygens (including phenoxy) is 1. The summed E-state index contributed by atoms with van der Waals surface area (Å²) in [6, 6.07) is 8.46. The quantitative estimate of drug-likeness (QED) is 0.345. The number of benzene rings is 2. The van der Waals surface area contributed by atoms with E-state index in [2.05, 4.69) is 0 Å². The average Bonchev–Trinajstić information content (AvgIpc) is 2.36. The number of nitro groups is 1. The molecule has 20 heavy (non-hydrogen) atoms. The lowest BCUT2D eigenvalue weighted by Gasteiger charge is -2.31. The van der Waals surface area contributed by atoms with Crippen molar-refractivity contribution in [2.75, 3.05) is 0 Å². The highest BCUT2D eigenvalue weighted by molar-refractivity contribution is 5.99. The van der Waals surface area contributed by atoms with Crippen LogP contribution in [0.1, 0.15) is 25.8 Å². The zero-order valence-electron chi connectivity index (χ0n) is 11.2. The molecule has 0 bridgehead atoms. The Morgan fingerprint density at radius 1 is 1.25 bits per heavy atom. The Labute approximate surface area is 115 Å². The Balaban J connectivity index is 2.44. The molecule has 2 aromatic carbocycles. The molecule has 1 aliphatic rings. The average molecular weight is 271 g/mol. The molecule has 2 aromatic rings. The molecular weight excluding hydrogens is 258 g/mol. The van der Waals surface area contributed by atoms with E-state index in [1.807, 2.05) is 13.8 Å². The van der Waals surface area contributed by atoms with Crippen LogP contribution in [0.4, 0.5) is 5.69 Å². The van der Waals surface area contributed by atoms with Crippen LogP contribution in [0.3, 0.4) is 0 Å². The fraction of sp³-hybridized carbons (Fsp3) is 0.267. The zero-order valence-corrected chi connectivity index (χ0v) is 11.2. The number of nitro benzene ring substituents is 1. The largest absolute Gasteiger partial charge is 0.426 e. The van der Waals surface area contributed by atoms with E-state index in [4.69, 9.17) is 4.74 Å². The number of rotatable bonds is 1. The van der Waals surface area contributed by atoms with E-state index in [-0.39, 0.29) is 18.1 Å². The van der Waals surface area contributed by atoms with Crippen LogP contribution in [0.2, 0.25) is 0 Å². The molecule has 0 unspecified atom stereocenters. The number of nitrogens with zero attached hydrogens (tertiary/aromatic N) is 1. The van der Waals surface area contributed by atoms with Crippen molar-refractivity contribution >= 4 is 22.4 Å². The van der Waals surface area contributed by atoms with Crippen molar-refractivity contribution in [3.05, 3.63) is 46.0 Å². The molecule has 0 N–H and O–H groups in total. The van der Waals surface area contributed by atoms with Crippen LogP contribution in [0, 0.1) is 10.1 Å². The lowest BCUT2D eigenvalue weighted by Crippen LogP contribution is -2.30. The highest BCUT2D eigenvalue weighted by Crippen LogP contribution is 2.46. The third-order valence-electron chi connectivity index (χ3n) is 3.70. The van der Waals surface area contributed by atoms with Crippen molar-refractivity contribution in [3.63, 3.8) is 0 Å². The molecule has 0 saturated heterocycles. The van der Waals surface area contributed by atoms with E-state index in [0.717, 1.165) is 0 Å². The molecule has 0 amide bonds. The first-order valence-electron chi connectivity index (χ1n) is 6.31. The lowest BCUT2D eigenvalue weighted by molar-refractivity contribution is -0.383. The normalized spacial score (nSPS) is 16.6. The van der Waals surface area contributed by atoms with Gasteiger partial charge in [0.1, 0.15) is 5.75 Å². The van der Waals surface area contributed by atoms with E-state index in [1.54, 1.807) is 24.3 Å². The van der Waals surface area contributed by atoms with Crippen molar-refractivity contribution < 1.29 is 14.5 Å². The maximum absolute atomic E-state index is 11.7. The molecular formula is C15H13NO4. The number of hydrogen-bond acceptors (Lipinski definition) is 4. The topological polar surface area (TPSA) is 69.4 Å². The minimum Gasteiger partial charge on any atom is -0.426 e. The third kappa shape index (κ3) is 1.74. The van der Waals surface area contributed by atoms with Gasteiger partial charge in [-0.25, -0.2) is 0 Å². The maximum Gasteiger partial charge on any atom is 0.312 e. The van der Waals surface area contributed by atoms with Gasteiger partial charge in [-0.15, -0.1) is 0 Å². The molecule has 0 fully saturated rings. The summed E-state index contributed by atoms with van der Waals surface area (Å²) < 4.78 is 5.35. The highest BCUT2D eigenvalue weighted by atomic mass is 16.6. The van der Waals surface area contributed by atoms with E-state index in [0.29, 0.717) is 22.1 Å². The second kappa shape index (κ2) is 4.03. The third-order valence-corrected chi connectivity index (χ3v) is 3.70. The molecule has 0 atom stereocenters. The predicted molar refractivity (Wildman–Crippen MR) is 73.9 cm³/mol. The van der Waals surface area contributed by atoms with Gasteiger partial charge in [0.25, 0.3) is 5.69 Å². The Morgan fingerprint density at radius 3 is 2.55 bits per heavy atom. The summed E-state index contributed by atoms with van der Waals surface area (Å²) in [4.78, 5) is 22.6. The number of hydrogen-bond donors (Lipinski definition) is 0. The van der Waals surface area contributed by atoms with Crippen molar-refractivity contribution in [2.24, 2.45) is 0 Å². The fourth-order valence-electron chi connectivity index (χ4n) is 2.70. The number of non-ortho nitro benzene ring substituents is 1. The number of carbonyl (C=O) groups is 1. The van der Waals surface area contributed by atoms with Crippen LogP contribution >= 0.6 is 0 Å². The summed E-state index contributed by atoms with van der Waals surface area (Å²) >= 11 is 0. The van der Waals surface area contributed by atoms with Crippen LogP contribution in [0.15, 0.2) is 30.3 Å². The molecule has 3 rings (SSSR count). The first-order valence-corrected chi connectivity index (χ1v) is 6.31. The summed E-state index contributed by atoms with van der Waals surface area (Å²) in [6.45, 7) is 3.79. The van der Waals surface area contributed by atoms with Crippen molar-refractivity contribution in [1.29, 1.82) is 0 Å². The van der Waals surface area contributed by atoms with E-state index in [1.165, 1.54) is 6.07 Å². The minimum atomic E-state index is -0.473. The van der Waals surface area contributed by atoms with Crippen LogP contribution in [-0.2, 0) is 10.2 Å². The van der Waals surface area contributed by atoms with Gasteiger partial charge in [0.2, 0.25) is 0 Å². The second-order valence-corrected chi connectivity index (χ2v) is 5.61. The Morgan fingerprint density at radius 2 is 1.90 bits per heavy atom. The molecule has 102 valence electrons. The van der Waals surface area contributed by atoms with Gasteiger partial charge >= 0.3 is 5.97 Å². The molecule has 0 saturated carbocycles. The van der Waals surface area contributed by atoms with E-state index < -0.39 is 10.3 Å². The molecule has 5 heteroatoms. The summed E-state index contributed by atoms with van der Waals surface area (Å²) in [5.74, 6) is 0.147. The Hall–Kier alpha value is -2.43.